The number of sulfonamides is 1. The normalized spacial score (nSPS) is 11.3. The number of benzene rings is 3. The van der Waals surface area contributed by atoms with E-state index >= 15 is 0 Å². The molecule has 0 saturated heterocycles. The summed E-state index contributed by atoms with van der Waals surface area (Å²) in [5, 5.41) is 1.74. The first-order chi connectivity index (χ1) is 12.0. The quantitative estimate of drug-likeness (QED) is 0.723. The fraction of sp³-hybridized carbons (Fsp3) is 0.158. The molecule has 5 nitrogen and oxygen atoms in total. The van der Waals surface area contributed by atoms with Gasteiger partial charge >= 0.3 is 0 Å². The van der Waals surface area contributed by atoms with Crippen LogP contribution in [0.4, 0.5) is 5.69 Å². The Hall–Kier alpha value is -2.73. The summed E-state index contributed by atoms with van der Waals surface area (Å²) in [6.07, 6.45) is 0. The molecule has 3 aromatic rings. The summed E-state index contributed by atoms with van der Waals surface area (Å²) in [4.78, 5) is 0.201. The van der Waals surface area contributed by atoms with Crippen LogP contribution in [0.1, 0.15) is 6.92 Å². The Labute approximate surface area is 147 Å². The molecule has 0 aliphatic heterocycles. The number of fused-ring (bicyclic) bond motifs is 1. The number of anilines is 1. The summed E-state index contributed by atoms with van der Waals surface area (Å²) in [6, 6.07) is 17.4. The molecule has 0 heterocycles. The number of ether oxygens (including phenoxy) is 2. The molecule has 0 aromatic heterocycles. The van der Waals surface area contributed by atoms with Crippen LogP contribution in [0.2, 0.25) is 0 Å². The molecule has 0 saturated carbocycles. The van der Waals surface area contributed by atoms with Gasteiger partial charge in [-0.15, -0.1) is 0 Å². The van der Waals surface area contributed by atoms with Gasteiger partial charge in [-0.2, -0.15) is 0 Å². The second kappa shape index (κ2) is 7.03. The van der Waals surface area contributed by atoms with E-state index in [1.54, 1.807) is 55.6 Å². The Bertz CT molecular complexity index is 999. The molecule has 0 fully saturated rings. The van der Waals surface area contributed by atoms with Crippen LogP contribution < -0.4 is 14.2 Å². The molecule has 0 aliphatic rings. The zero-order chi connectivity index (χ0) is 17.9. The summed E-state index contributed by atoms with van der Waals surface area (Å²) >= 11 is 0. The number of nitrogens with one attached hydrogen (secondary N) is 1. The topological polar surface area (TPSA) is 64.6 Å². The molecule has 3 rings (SSSR count). The summed E-state index contributed by atoms with van der Waals surface area (Å²) < 4.78 is 38.5. The average molecular weight is 357 g/mol. The number of methoxy groups -OCH3 is 1. The first-order valence-corrected chi connectivity index (χ1v) is 9.33. The minimum atomic E-state index is -3.69. The summed E-state index contributed by atoms with van der Waals surface area (Å²) in [6.45, 7) is 2.39. The van der Waals surface area contributed by atoms with Crippen molar-refractivity contribution >= 4 is 26.5 Å². The molecule has 0 radical (unpaired) electrons. The van der Waals surface area contributed by atoms with E-state index in [-0.39, 0.29) is 4.90 Å². The van der Waals surface area contributed by atoms with Gasteiger partial charge in [0.05, 0.1) is 24.3 Å². The van der Waals surface area contributed by atoms with E-state index in [1.165, 1.54) is 0 Å². The maximum atomic E-state index is 12.7. The first-order valence-electron chi connectivity index (χ1n) is 7.85. The van der Waals surface area contributed by atoms with Gasteiger partial charge in [0.2, 0.25) is 0 Å². The van der Waals surface area contributed by atoms with Crippen LogP contribution in [0.5, 0.6) is 11.5 Å². The molecule has 1 N–H and O–H groups in total. The minimum absolute atomic E-state index is 0.201. The lowest BCUT2D eigenvalue weighted by Crippen LogP contribution is -2.13. The van der Waals surface area contributed by atoms with Crippen LogP contribution in [0.15, 0.2) is 65.6 Å². The van der Waals surface area contributed by atoms with E-state index in [1.807, 2.05) is 19.1 Å². The molecule has 6 heteroatoms. The lowest BCUT2D eigenvalue weighted by atomic mass is 10.1. The number of rotatable bonds is 6. The third-order valence-electron chi connectivity index (χ3n) is 3.73. The second-order valence-electron chi connectivity index (χ2n) is 5.44. The van der Waals surface area contributed by atoms with Crippen molar-refractivity contribution in [3.63, 3.8) is 0 Å². The monoisotopic (exact) mass is 357 g/mol. The van der Waals surface area contributed by atoms with Gasteiger partial charge in [-0.3, -0.25) is 4.72 Å². The summed E-state index contributed by atoms with van der Waals surface area (Å²) in [5.41, 5.74) is 0.459. The lowest BCUT2D eigenvalue weighted by molar-refractivity contribution is 0.340. The molecule has 3 aromatic carbocycles. The maximum absolute atomic E-state index is 12.7. The Morgan fingerprint density at radius 3 is 2.44 bits per heavy atom. The van der Waals surface area contributed by atoms with Crippen molar-refractivity contribution in [2.75, 3.05) is 18.4 Å². The highest BCUT2D eigenvalue weighted by Crippen LogP contribution is 2.25. The average Bonchev–Trinajstić information content (AvgIpc) is 2.61. The van der Waals surface area contributed by atoms with Crippen LogP contribution in [0, 0.1) is 0 Å². The Morgan fingerprint density at radius 1 is 0.920 bits per heavy atom. The zero-order valence-electron chi connectivity index (χ0n) is 14.0. The molecule has 0 aliphatic carbocycles. The highest BCUT2D eigenvalue weighted by Gasteiger charge is 2.15. The third-order valence-corrected chi connectivity index (χ3v) is 5.11. The molecule has 0 spiro atoms. The van der Waals surface area contributed by atoms with Crippen molar-refractivity contribution in [3.05, 3.63) is 60.7 Å². The van der Waals surface area contributed by atoms with Crippen molar-refractivity contribution in [2.45, 2.75) is 11.8 Å². The van der Waals surface area contributed by atoms with Gasteiger partial charge < -0.3 is 9.47 Å². The van der Waals surface area contributed by atoms with Crippen molar-refractivity contribution in [3.8, 4) is 11.5 Å². The molecule has 0 unspecified atom stereocenters. The van der Waals surface area contributed by atoms with Gasteiger partial charge in [-0.25, -0.2) is 8.42 Å². The molecule has 130 valence electrons. The molecular formula is C19H19NO4S. The van der Waals surface area contributed by atoms with Crippen molar-refractivity contribution < 1.29 is 17.9 Å². The van der Waals surface area contributed by atoms with Crippen LogP contribution in [-0.4, -0.2) is 22.1 Å². The Kier molecular flexibility index (Phi) is 4.81. The van der Waals surface area contributed by atoms with E-state index in [2.05, 4.69) is 4.72 Å². The minimum Gasteiger partial charge on any atom is -0.497 e. The summed E-state index contributed by atoms with van der Waals surface area (Å²) in [7, 11) is -2.09. The second-order valence-corrected chi connectivity index (χ2v) is 7.12. The van der Waals surface area contributed by atoms with E-state index in [0.29, 0.717) is 18.0 Å². The smallest absolute Gasteiger partial charge is 0.261 e. The van der Waals surface area contributed by atoms with E-state index in [9.17, 15) is 8.42 Å². The van der Waals surface area contributed by atoms with Crippen molar-refractivity contribution in [1.29, 1.82) is 0 Å². The maximum Gasteiger partial charge on any atom is 0.261 e. The fourth-order valence-electron chi connectivity index (χ4n) is 2.53. The van der Waals surface area contributed by atoms with Crippen LogP contribution in [0.25, 0.3) is 10.8 Å². The predicted octanol–water partition coefficient (Wildman–Crippen LogP) is 4.05. The Morgan fingerprint density at radius 2 is 1.68 bits per heavy atom. The molecule has 25 heavy (non-hydrogen) atoms. The predicted molar refractivity (Wildman–Crippen MR) is 98.9 cm³/mol. The third kappa shape index (κ3) is 3.85. The van der Waals surface area contributed by atoms with Gasteiger partial charge in [-0.05, 0) is 54.1 Å². The van der Waals surface area contributed by atoms with Crippen molar-refractivity contribution in [1.82, 2.24) is 0 Å². The van der Waals surface area contributed by atoms with E-state index < -0.39 is 10.0 Å². The van der Waals surface area contributed by atoms with Gasteiger partial charge in [0, 0.05) is 6.07 Å². The lowest BCUT2D eigenvalue weighted by Gasteiger charge is -2.11. The standard InChI is InChI=1S/C19H19NO4S/c1-3-24-18-6-4-5-16(13-18)20-25(21,22)19-10-8-14-11-17(23-2)9-7-15(14)12-19/h4-13,20H,3H2,1-2H3. The van der Waals surface area contributed by atoms with E-state index in [4.69, 9.17) is 9.47 Å². The van der Waals surface area contributed by atoms with E-state index in [0.717, 1.165) is 16.5 Å². The number of hydrogen-bond donors (Lipinski definition) is 1. The van der Waals surface area contributed by atoms with Crippen LogP contribution >= 0.6 is 0 Å². The van der Waals surface area contributed by atoms with Gasteiger partial charge in [0.15, 0.2) is 0 Å². The van der Waals surface area contributed by atoms with Gasteiger partial charge in [-0.1, -0.05) is 18.2 Å². The van der Waals surface area contributed by atoms with Gasteiger partial charge in [0.1, 0.15) is 11.5 Å². The van der Waals surface area contributed by atoms with Gasteiger partial charge in [0.25, 0.3) is 10.0 Å². The van der Waals surface area contributed by atoms with Crippen LogP contribution in [0.3, 0.4) is 0 Å². The fourth-order valence-corrected chi connectivity index (χ4v) is 3.61. The largest absolute Gasteiger partial charge is 0.497 e. The first kappa shape index (κ1) is 17.1. The molecular weight excluding hydrogens is 338 g/mol. The highest BCUT2D eigenvalue weighted by molar-refractivity contribution is 7.92. The number of hydrogen-bond acceptors (Lipinski definition) is 4. The molecule has 0 amide bonds. The molecule has 0 bridgehead atoms. The highest BCUT2D eigenvalue weighted by atomic mass is 32.2. The Balaban J connectivity index is 1.91. The van der Waals surface area contributed by atoms with Crippen LogP contribution in [-0.2, 0) is 10.0 Å². The van der Waals surface area contributed by atoms with Crippen molar-refractivity contribution in [2.24, 2.45) is 0 Å². The molecule has 0 atom stereocenters. The SMILES string of the molecule is CCOc1cccc(NS(=O)(=O)c2ccc3cc(OC)ccc3c2)c1. The summed E-state index contributed by atoms with van der Waals surface area (Å²) in [5.74, 6) is 1.35. The zero-order valence-corrected chi connectivity index (χ0v) is 14.8.